The Balaban J connectivity index is 0.00000180. The van der Waals surface area contributed by atoms with Gasteiger partial charge in [-0.05, 0) is 6.42 Å². The number of carbonyl (C=O) groups excluding carboxylic acids is 1. The summed E-state index contributed by atoms with van der Waals surface area (Å²) in [7, 11) is 0. The van der Waals surface area contributed by atoms with Crippen molar-refractivity contribution in [3.63, 3.8) is 0 Å². The zero-order chi connectivity index (χ0) is 13.0. The highest BCUT2D eigenvalue weighted by molar-refractivity contribution is 7.09. The fourth-order valence-corrected chi connectivity index (χ4v) is 2.74. The number of hydrogen-bond donors (Lipinski definition) is 1. The smallest absolute Gasteiger partial charge is 0.239 e. The number of aromatic nitrogens is 1. The van der Waals surface area contributed by atoms with Crippen LogP contribution in [0, 0.1) is 0 Å². The third-order valence-electron chi connectivity index (χ3n) is 3.02. The molecule has 1 aliphatic heterocycles. The molecule has 108 valence electrons. The number of nitrogens with zero attached hydrogens (tertiary/aromatic N) is 2. The number of hydrogen-bond acceptors (Lipinski definition) is 5. The molecule has 1 aliphatic rings. The van der Waals surface area contributed by atoms with Crippen LogP contribution in [0.5, 0.6) is 0 Å². The van der Waals surface area contributed by atoms with Gasteiger partial charge in [-0.2, -0.15) is 0 Å². The predicted molar refractivity (Wildman–Crippen MR) is 77.5 cm³/mol. The Hall–Kier alpha value is -0.690. The van der Waals surface area contributed by atoms with E-state index < -0.39 is 0 Å². The summed E-state index contributed by atoms with van der Waals surface area (Å²) in [6.45, 7) is 3.77. The van der Waals surface area contributed by atoms with E-state index in [1.165, 1.54) is 0 Å². The second-order valence-electron chi connectivity index (χ2n) is 4.41. The molecule has 0 spiro atoms. The number of thiazole rings is 1. The van der Waals surface area contributed by atoms with Crippen molar-refractivity contribution in [2.75, 3.05) is 19.7 Å². The minimum absolute atomic E-state index is 0. The zero-order valence-corrected chi connectivity index (χ0v) is 12.6. The highest BCUT2D eigenvalue weighted by Crippen LogP contribution is 2.24. The first-order valence-corrected chi connectivity index (χ1v) is 7.15. The van der Waals surface area contributed by atoms with Crippen molar-refractivity contribution in [2.45, 2.75) is 31.9 Å². The van der Waals surface area contributed by atoms with E-state index >= 15 is 0 Å². The normalized spacial score (nSPS) is 20.7. The molecule has 1 saturated heterocycles. The Morgan fingerprint density at radius 1 is 1.74 bits per heavy atom. The van der Waals surface area contributed by atoms with Crippen LogP contribution in [0.2, 0.25) is 0 Å². The molecule has 1 fully saturated rings. The van der Waals surface area contributed by atoms with Crippen molar-refractivity contribution in [3.8, 4) is 0 Å². The molecule has 2 heterocycles. The second-order valence-corrected chi connectivity index (χ2v) is 5.34. The molecule has 2 rings (SSSR count). The van der Waals surface area contributed by atoms with Gasteiger partial charge in [0.15, 0.2) is 0 Å². The number of morpholine rings is 1. The van der Waals surface area contributed by atoms with Crippen molar-refractivity contribution >= 4 is 29.7 Å². The van der Waals surface area contributed by atoms with Crippen molar-refractivity contribution < 1.29 is 9.53 Å². The van der Waals surface area contributed by atoms with E-state index in [0.29, 0.717) is 19.7 Å². The first-order valence-electron chi connectivity index (χ1n) is 6.27. The van der Waals surface area contributed by atoms with Gasteiger partial charge in [-0.3, -0.25) is 4.79 Å². The van der Waals surface area contributed by atoms with Gasteiger partial charge in [-0.15, -0.1) is 23.7 Å². The fourth-order valence-electron chi connectivity index (χ4n) is 2.06. The Morgan fingerprint density at radius 3 is 3.16 bits per heavy atom. The van der Waals surface area contributed by atoms with Crippen molar-refractivity contribution in [2.24, 2.45) is 5.73 Å². The van der Waals surface area contributed by atoms with Crippen molar-refractivity contribution in [1.82, 2.24) is 9.88 Å². The van der Waals surface area contributed by atoms with Crippen LogP contribution < -0.4 is 5.73 Å². The Bertz CT molecular complexity index is 388. The highest BCUT2D eigenvalue weighted by atomic mass is 35.5. The van der Waals surface area contributed by atoms with Gasteiger partial charge < -0.3 is 15.4 Å². The molecular weight excluding hydrogens is 286 g/mol. The van der Waals surface area contributed by atoms with E-state index in [-0.39, 0.29) is 30.5 Å². The van der Waals surface area contributed by atoms with Gasteiger partial charge in [0.25, 0.3) is 0 Å². The van der Waals surface area contributed by atoms with Crippen LogP contribution in [-0.4, -0.2) is 41.5 Å². The van der Waals surface area contributed by atoms with E-state index in [0.717, 1.165) is 17.8 Å². The third kappa shape index (κ3) is 4.14. The van der Waals surface area contributed by atoms with Crippen LogP contribution >= 0.6 is 23.7 Å². The molecule has 19 heavy (non-hydrogen) atoms. The van der Waals surface area contributed by atoms with E-state index in [1.54, 1.807) is 22.4 Å². The van der Waals surface area contributed by atoms with Gasteiger partial charge in [0.2, 0.25) is 5.91 Å². The van der Waals surface area contributed by atoms with E-state index in [2.05, 4.69) is 4.98 Å². The van der Waals surface area contributed by atoms with Crippen LogP contribution in [0.15, 0.2) is 11.6 Å². The van der Waals surface area contributed by atoms with Gasteiger partial charge in [0.05, 0.1) is 19.2 Å². The summed E-state index contributed by atoms with van der Waals surface area (Å²) in [6.07, 6.45) is 3.31. The Kier molecular flexibility index (Phi) is 6.71. The van der Waals surface area contributed by atoms with Gasteiger partial charge in [0.1, 0.15) is 11.1 Å². The summed E-state index contributed by atoms with van der Waals surface area (Å²) in [4.78, 5) is 18.2. The molecule has 2 unspecified atom stereocenters. The molecule has 0 bridgehead atoms. The minimum atomic E-state index is -0.384. The second kappa shape index (κ2) is 7.79. The van der Waals surface area contributed by atoms with Crippen LogP contribution in [0.1, 0.15) is 30.9 Å². The summed E-state index contributed by atoms with van der Waals surface area (Å²) in [6, 6.07) is -0.384. The lowest BCUT2D eigenvalue weighted by molar-refractivity contribution is -0.140. The lowest BCUT2D eigenvalue weighted by Gasteiger charge is -2.33. The molecule has 1 aromatic rings. The summed E-state index contributed by atoms with van der Waals surface area (Å²) in [5.74, 6) is 0.0294. The standard InChI is InChI=1S/C12H19N3O2S.ClH/c1-2-3-9(13)12(16)15-5-6-17-10(8-15)11-14-4-7-18-11;/h4,7,9-10H,2-3,5-6,8,13H2,1H3;1H. The molecule has 1 aromatic heterocycles. The molecule has 0 aromatic carbocycles. The first kappa shape index (κ1) is 16.4. The molecule has 0 aliphatic carbocycles. The average Bonchev–Trinajstić information content (AvgIpc) is 2.92. The van der Waals surface area contributed by atoms with Crippen LogP contribution in [0.3, 0.4) is 0 Å². The van der Waals surface area contributed by atoms with E-state index in [9.17, 15) is 4.79 Å². The maximum Gasteiger partial charge on any atom is 0.239 e. The van der Waals surface area contributed by atoms with Crippen LogP contribution in [0.25, 0.3) is 0 Å². The summed E-state index contributed by atoms with van der Waals surface area (Å²) >= 11 is 1.56. The average molecular weight is 306 g/mol. The van der Waals surface area contributed by atoms with Crippen LogP contribution in [-0.2, 0) is 9.53 Å². The Morgan fingerprint density at radius 2 is 2.53 bits per heavy atom. The molecule has 0 radical (unpaired) electrons. The molecular formula is C12H20ClN3O2S. The fraction of sp³-hybridized carbons (Fsp3) is 0.667. The lowest BCUT2D eigenvalue weighted by atomic mass is 10.1. The molecule has 0 saturated carbocycles. The van der Waals surface area contributed by atoms with Crippen molar-refractivity contribution in [3.05, 3.63) is 16.6 Å². The minimum Gasteiger partial charge on any atom is -0.367 e. The number of ether oxygens (including phenoxy) is 1. The topological polar surface area (TPSA) is 68.5 Å². The first-order chi connectivity index (χ1) is 8.72. The maximum atomic E-state index is 12.1. The maximum absolute atomic E-state index is 12.1. The van der Waals surface area contributed by atoms with Gasteiger partial charge in [0, 0.05) is 18.1 Å². The number of amides is 1. The molecule has 1 amide bonds. The predicted octanol–water partition coefficient (Wildman–Crippen LogP) is 1.59. The summed E-state index contributed by atoms with van der Waals surface area (Å²) < 4.78 is 5.66. The number of rotatable bonds is 4. The largest absolute Gasteiger partial charge is 0.367 e. The quantitative estimate of drug-likeness (QED) is 0.917. The molecule has 2 N–H and O–H groups in total. The SMILES string of the molecule is CCCC(N)C(=O)N1CCOC(c2nccs2)C1.Cl. The van der Waals surface area contributed by atoms with Gasteiger partial charge >= 0.3 is 0 Å². The lowest BCUT2D eigenvalue weighted by Crippen LogP contribution is -2.49. The molecule has 2 atom stereocenters. The summed E-state index contributed by atoms with van der Waals surface area (Å²) in [5, 5.41) is 2.85. The van der Waals surface area contributed by atoms with Crippen molar-refractivity contribution in [1.29, 1.82) is 0 Å². The number of halogens is 1. The van der Waals surface area contributed by atoms with E-state index in [4.69, 9.17) is 10.5 Å². The van der Waals surface area contributed by atoms with Crippen LogP contribution in [0.4, 0.5) is 0 Å². The third-order valence-corrected chi connectivity index (χ3v) is 3.89. The van der Waals surface area contributed by atoms with E-state index in [1.807, 2.05) is 12.3 Å². The number of carbonyl (C=O) groups is 1. The highest BCUT2D eigenvalue weighted by Gasteiger charge is 2.29. The monoisotopic (exact) mass is 305 g/mol. The molecule has 7 heteroatoms. The molecule has 5 nitrogen and oxygen atoms in total. The zero-order valence-electron chi connectivity index (χ0n) is 10.9. The summed E-state index contributed by atoms with van der Waals surface area (Å²) in [5.41, 5.74) is 5.88. The number of nitrogens with two attached hydrogens (primary N) is 1. The van der Waals surface area contributed by atoms with Gasteiger partial charge in [-0.25, -0.2) is 4.98 Å². The Labute approximate surface area is 123 Å². The van der Waals surface area contributed by atoms with Gasteiger partial charge in [-0.1, -0.05) is 13.3 Å².